The van der Waals surface area contributed by atoms with Crippen molar-refractivity contribution >= 4 is 23.4 Å². The van der Waals surface area contributed by atoms with Crippen LogP contribution in [0.25, 0.3) is 0 Å². The first kappa shape index (κ1) is 19.7. The van der Waals surface area contributed by atoms with E-state index in [-0.39, 0.29) is 29.6 Å². The molecule has 6 nitrogen and oxygen atoms in total. The van der Waals surface area contributed by atoms with Crippen LogP contribution in [0.5, 0.6) is 0 Å². The van der Waals surface area contributed by atoms with E-state index in [4.69, 9.17) is 0 Å². The van der Waals surface area contributed by atoms with Crippen molar-refractivity contribution in [3.05, 3.63) is 29.8 Å². The average Bonchev–Trinajstić information content (AvgIpc) is 3.43. The van der Waals surface area contributed by atoms with Crippen molar-refractivity contribution in [3.63, 3.8) is 0 Å². The number of amides is 3. The molecule has 2 aliphatic carbocycles. The zero-order valence-electron chi connectivity index (χ0n) is 17.7. The Morgan fingerprint density at radius 2 is 1.67 bits per heavy atom. The number of piperidine rings is 1. The molecule has 0 aromatic heterocycles. The zero-order chi connectivity index (χ0) is 20.8. The third-order valence-corrected chi connectivity index (χ3v) is 7.85. The van der Waals surface area contributed by atoms with Crippen molar-refractivity contribution in [2.45, 2.75) is 58.0 Å². The number of likely N-dealkylation sites (tertiary alicyclic amines) is 2. The van der Waals surface area contributed by atoms with E-state index >= 15 is 0 Å². The largest absolute Gasteiger partial charge is 0.324 e. The molecule has 5 rings (SSSR count). The predicted molar refractivity (Wildman–Crippen MR) is 113 cm³/mol. The SMILES string of the molecule is CC(C(=O)Nc1ccccc1CN1CCCCC1)N1C(=O)C2C3CCC(C3)C2C1=O. The van der Waals surface area contributed by atoms with Gasteiger partial charge in [0.15, 0.2) is 0 Å². The summed E-state index contributed by atoms with van der Waals surface area (Å²) in [6.07, 6.45) is 6.81. The van der Waals surface area contributed by atoms with E-state index in [1.165, 1.54) is 24.2 Å². The molecule has 2 bridgehead atoms. The first-order valence-corrected chi connectivity index (χ1v) is 11.5. The second kappa shape index (κ2) is 7.80. The standard InChI is InChI=1S/C24H31N3O3/c1-15(27-23(29)20-16-9-10-17(13-16)21(20)24(27)30)22(28)25-19-8-4-3-7-18(19)14-26-11-5-2-6-12-26/h3-4,7-8,15-17,20-21H,2,5-6,9-14H2,1H3,(H,25,28). The van der Waals surface area contributed by atoms with Gasteiger partial charge < -0.3 is 5.32 Å². The summed E-state index contributed by atoms with van der Waals surface area (Å²) in [4.78, 5) is 42.8. The van der Waals surface area contributed by atoms with Crippen molar-refractivity contribution in [1.29, 1.82) is 0 Å². The number of rotatable bonds is 5. The lowest BCUT2D eigenvalue weighted by Crippen LogP contribution is -2.46. The van der Waals surface area contributed by atoms with Crippen molar-refractivity contribution in [1.82, 2.24) is 9.80 Å². The molecule has 2 saturated heterocycles. The Morgan fingerprint density at radius 1 is 1.03 bits per heavy atom. The molecule has 2 heterocycles. The molecule has 1 N–H and O–H groups in total. The number of anilines is 1. The smallest absolute Gasteiger partial charge is 0.247 e. The number of hydrogen-bond donors (Lipinski definition) is 1. The fourth-order valence-corrected chi connectivity index (χ4v) is 6.31. The monoisotopic (exact) mass is 409 g/mol. The lowest BCUT2D eigenvalue weighted by molar-refractivity contribution is -0.146. The normalized spacial score (nSPS) is 31.8. The van der Waals surface area contributed by atoms with Crippen LogP contribution in [0.4, 0.5) is 5.69 Å². The molecule has 160 valence electrons. The van der Waals surface area contributed by atoms with Crippen LogP contribution >= 0.6 is 0 Å². The second-order valence-electron chi connectivity index (χ2n) is 9.59. The number of carbonyl (C=O) groups excluding carboxylic acids is 3. The minimum absolute atomic E-state index is 0.124. The first-order valence-electron chi connectivity index (χ1n) is 11.5. The molecule has 4 fully saturated rings. The topological polar surface area (TPSA) is 69.7 Å². The number of benzene rings is 1. The van der Waals surface area contributed by atoms with Gasteiger partial charge >= 0.3 is 0 Å². The summed E-state index contributed by atoms with van der Waals surface area (Å²) in [6.45, 7) is 4.66. The molecule has 3 amide bonds. The van der Waals surface area contributed by atoms with Gasteiger partial charge in [0.05, 0.1) is 11.8 Å². The van der Waals surface area contributed by atoms with Crippen LogP contribution in [-0.4, -0.2) is 46.7 Å². The maximum absolute atomic E-state index is 13.1. The molecule has 4 aliphatic rings. The number of fused-ring (bicyclic) bond motifs is 5. The molecule has 2 saturated carbocycles. The van der Waals surface area contributed by atoms with Crippen LogP contribution in [0.2, 0.25) is 0 Å². The maximum atomic E-state index is 13.1. The summed E-state index contributed by atoms with van der Waals surface area (Å²) < 4.78 is 0. The Bertz CT molecular complexity index is 835. The van der Waals surface area contributed by atoms with E-state index in [1.807, 2.05) is 24.3 Å². The van der Waals surface area contributed by atoms with Crippen LogP contribution in [0, 0.1) is 23.7 Å². The number of nitrogens with zero attached hydrogens (tertiary/aromatic N) is 2. The van der Waals surface area contributed by atoms with Gasteiger partial charge in [0.25, 0.3) is 0 Å². The molecule has 0 radical (unpaired) electrons. The van der Waals surface area contributed by atoms with Crippen LogP contribution < -0.4 is 5.32 Å². The Hall–Kier alpha value is -2.21. The Morgan fingerprint density at radius 3 is 2.33 bits per heavy atom. The molecule has 5 unspecified atom stereocenters. The molecule has 1 aromatic carbocycles. The van der Waals surface area contributed by atoms with Gasteiger partial charge in [0.2, 0.25) is 17.7 Å². The summed E-state index contributed by atoms with van der Waals surface area (Å²) in [5.74, 6) is -0.224. The summed E-state index contributed by atoms with van der Waals surface area (Å²) in [5.41, 5.74) is 1.85. The van der Waals surface area contributed by atoms with Crippen LogP contribution in [0.15, 0.2) is 24.3 Å². The third kappa shape index (κ3) is 3.25. The number of para-hydroxylation sites is 1. The van der Waals surface area contributed by atoms with Gasteiger partial charge in [-0.3, -0.25) is 24.2 Å². The summed E-state index contributed by atoms with van der Waals surface area (Å²) >= 11 is 0. The highest BCUT2D eigenvalue weighted by molar-refractivity contribution is 6.10. The van der Waals surface area contributed by atoms with E-state index in [1.54, 1.807) is 6.92 Å². The molecule has 6 heteroatoms. The molecule has 5 atom stereocenters. The highest BCUT2D eigenvalue weighted by Crippen LogP contribution is 2.56. The molecule has 30 heavy (non-hydrogen) atoms. The third-order valence-electron chi connectivity index (χ3n) is 7.85. The van der Waals surface area contributed by atoms with Crippen LogP contribution in [0.3, 0.4) is 0 Å². The highest BCUT2D eigenvalue weighted by Gasteiger charge is 2.62. The van der Waals surface area contributed by atoms with Crippen molar-refractivity contribution in [3.8, 4) is 0 Å². The molecular weight excluding hydrogens is 378 g/mol. The molecule has 2 aliphatic heterocycles. The number of hydrogen-bond acceptors (Lipinski definition) is 4. The minimum atomic E-state index is -0.780. The summed E-state index contributed by atoms with van der Waals surface area (Å²) in [5, 5.41) is 3.01. The maximum Gasteiger partial charge on any atom is 0.247 e. The Kier molecular flexibility index (Phi) is 5.13. The summed E-state index contributed by atoms with van der Waals surface area (Å²) in [6, 6.07) is 7.07. The van der Waals surface area contributed by atoms with E-state index in [2.05, 4.69) is 10.2 Å². The van der Waals surface area contributed by atoms with Gasteiger partial charge in [-0.25, -0.2) is 0 Å². The first-order chi connectivity index (χ1) is 14.5. The highest BCUT2D eigenvalue weighted by atomic mass is 16.2. The van der Waals surface area contributed by atoms with Gasteiger partial charge in [0, 0.05) is 12.2 Å². The van der Waals surface area contributed by atoms with E-state index in [9.17, 15) is 14.4 Å². The van der Waals surface area contributed by atoms with Gasteiger partial charge in [0.1, 0.15) is 6.04 Å². The predicted octanol–water partition coefficient (Wildman–Crippen LogP) is 3.03. The van der Waals surface area contributed by atoms with Gasteiger partial charge in [-0.15, -0.1) is 0 Å². The minimum Gasteiger partial charge on any atom is -0.324 e. The zero-order valence-corrected chi connectivity index (χ0v) is 17.7. The van der Waals surface area contributed by atoms with Crippen LogP contribution in [-0.2, 0) is 20.9 Å². The number of imide groups is 1. The fraction of sp³-hybridized carbons (Fsp3) is 0.625. The fourth-order valence-electron chi connectivity index (χ4n) is 6.31. The van der Waals surface area contributed by atoms with E-state index in [0.717, 1.165) is 50.1 Å². The second-order valence-corrected chi connectivity index (χ2v) is 9.59. The number of nitrogens with one attached hydrogen (secondary N) is 1. The van der Waals surface area contributed by atoms with Crippen molar-refractivity contribution < 1.29 is 14.4 Å². The van der Waals surface area contributed by atoms with Crippen LogP contribution in [0.1, 0.15) is 51.0 Å². The lowest BCUT2D eigenvalue weighted by atomic mass is 9.81. The van der Waals surface area contributed by atoms with E-state index in [0.29, 0.717) is 11.8 Å². The lowest BCUT2D eigenvalue weighted by Gasteiger charge is -2.28. The average molecular weight is 410 g/mol. The van der Waals surface area contributed by atoms with E-state index < -0.39 is 6.04 Å². The molecular formula is C24H31N3O3. The molecule has 1 aromatic rings. The van der Waals surface area contributed by atoms with Crippen molar-refractivity contribution in [2.24, 2.45) is 23.7 Å². The molecule has 0 spiro atoms. The number of carbonyl (C=O) groups is 3. The Labute approximate surface area is 178 Å². The van der Waals surface area contributed by atoms with Gasteiger partial charge in [-0.1, -0.05) is 24.6 Å². The summed E-state index contributed by atoms with van der Waals surface area (Å²) in [7, 11) is 0. The van der Waals surface area contributed by atoms with Gasteiger partial charge in [-0.2, -0.15) is 0 Å². The van der Waals surface area contributed by atoms with Crippen molar-refractivity contribution in [2.75, 3.05) is 18.4 Å². The quantitative estimate of drug-likeness (QED) is 0.759. The van der Waals surface area contributed by atoms with Gasteiger partial charge in [-0.05, 0) is 75.6 Å². The Balaban J connectivity index is 1.29.